The molecule has 0 spiro atoms. The summed E-state index contributed by atoms with van der Waals surface area (Å²) in [4.78, 5) is 23.3. The van der Waals surface area contributed by atoms with Crippen LogP contribution in [-0.2, 0) is 11.0 Å². The molecular formula is C18H16F3N7O2. The molecule has 30 heavy (non-hydrogen) atoms. The van der Waals surface area contributed by atoms with Crippen LogP contribution in [0.5, 0.6) is 0 Å². The van der Waals surface area contributed by atoms with E-state index < -0.39 is 18.1 Å². The highest BCUT2D eigenvalue weighted by Gasteiger charge is 2.33. The van der Waals surface area contributed by atoms with Crippen LogP contribution in [0.3, 0.4) is 0 Å². The number of carbonyl (C=O) groups excluding carboxylic acids is 1. The van der Waals surface area contributed by atoms with E-state index in [1.54, 1.807) is 13.1 Å². The van der Waals surface area contributed by atoms with E-state index in [4.69, 9.17) is 0 Å². The molecule has 1 aromatic carbocycles. The molecule has 0 fully saturated rings. The number of alkyl halides is 3. The Kier molecular flexibility index (Phi) is 4.78. The van der Waals surface area contributed by atoms with Crippen molar-refractivity contribution in [2.45, 2.75) is 12.5 Å². The topological polar surface area (TPSA) is 110 Å². The summed E-state index contributed by atoms with van der Waals surface area (Å²) >= 11 is 0. The van der Waals surface area contributed by atoms with Gasteiger partial charge >= 0.3 is 6.18 Å². The molecule has 9 nitrogen and oxygen atoms in total. The van der Waals surface area contributed by atoms with Gasteiger partial charge in [0.2, 0.25) is 18.2 Å². The summed E-state index contributed by atoms with van der Waals surface area (Å²) in [5, 5.41) is 19.4. The van der Waals surface area contributed by atoms with Crippen LogP contribution < -0.4 is 15.1 Å². The van der Waals surface area contributed by atoms with Crippen molar-refractivity contribution in [1.82, 2.24) is 20.2 Å². The van der Waals surface area contributed by atoms with Gasteiger partial charge in [-0.1, -0.05) is 12.1 Å². The normalized spacial score (nSPS) is 15.2. The molecule has 0 saturated carbocycles. The van der Waals surface area contributed by atoms with Gasteiger partial charge in [0.1, 0.15) is 12.9 Å². The molecule has 2 aromatic heterocycles. The summed E-state index contributed by atoms with van der Waals surface area (Å²) in [6.45, 7) is -0.204. The summed E-state index contributed by atoms with van der Waals surface area (Å²) in [6.07, 6.45) is -4.64. The lowest BCUT2D eigenvalue weighted by atomic mass is 10.1. The first-order valence-corrected chi connectivity index (χ1v) is 8.76. The van der Waals surface area contributed by atoms with Crippen molar-refractivity contribution in [1.29, 1.82) is 0 Å². The van der Waals surface area contributed by atoms with E-state index in [9.17, 15) is 23.1 Å². The third kappa shape index (κ3) is 3.64. The molecule has 0 radical (unpaired) electrons. The Bertz CT molecular complexity index is 1070. The van der Waals surface area contributed by atoms with Gasteiger partial charge in [-0.25, -0.2) is 10.1 Å². The SMILES string of the molecule is CN1C(=O)CN(C(O)Nc2ncn[nH]2)c2nc(-c3cccc(C(F)(F)F)c3)ccc21. The van der Waals surface area contributed by atoms with Gasteiger partial charge in [-0.3, -0.25) is 4.79 Å². The Morgan fingerprint density at radius 2 is 2.07 bits per heavy atom. The first-order valence-electron chi connectivity index (χ1n) is 8.76. The molecule has 3 N–H and O–H groups in total. The van der Waals surface area contributed by atoms with Crippen LogP contribution in [0.4, 0.5) is 30.6 Å². The van der Waals surface area contributed by atoms with E-state index in [0.717, 1.165) is 12.1 Å². The smallest absolute Gasteiger partial charge is 0.356 e. The minimum Gasteiger partial charge on any atom is -0.356 e. The van der Waals surface area contributed by atoms with Crippen LogP contribution in [0, 0.1) is 0 Å². The van der Waals surface area contributed by atoms with Crippen LogP contribution in [0.25, 0.3) is 11.3 Å². The van der Waals surface area contributed by atoms with Crippen LogP contribution in [0.15, 0.2) is 42.7 Å². The highest BCUT2D eigenvalue weighted by atomic mass is 19.4. The quantitative estimate of drug-likeness (QED) is 0.555. The molecule has 3 aromatic rings. The first kappa shape index (κ1) is 19.6. The second-order valence-electron chi connectivity index (χ2n) is 6.55. The number of aromatic nitrogens is 4. The van der Waals surface area contributed by atoms with Crippen molar-refractivity contribution < 1.29 is 23.1 Å². The van der Waals surface area contributed by atoms with Gasteiger partial charge in [0, 0.05) is 12.6 Å². The van der Waals surface area contributed by atoms with Gasteiger partial charge in [0.15, 0.2) is 5.82 Å². The number of benzene rings is 1. The molecule has 1 unspecified atom stereocenters. The number of fused-ring (bicyclic) bond motifs is 1. The molecule has 0 saturated heterocycles. The molecule has 1 aliphatic rings. The van der Waals surface area contributed by atoms with Crippen molar-refractivity contribution >= 4 is 23.4 Å². The number of H-pyrrole nitrogens is 1. The Morgan fingerprint density at radius 1 is 1.27 bits per heavy atom. The molecule has 1 atom stereocenters. The molecule has 156 valence electrons. The number of halogens is 3. The van der Waals surface area contributed by atoms with E-state index in [2.05, 4.69) is 25.5 Å². The lowest BCUT2D eigenvalue weighted by molar-refractivity contribution is -0.137. The average molecular weight is 419 g/mol. The number of amides is 1. The molecule has 0 bridgehead atoms. The summed E-state index contributed by atoms with van der Waals surface area (Å²) < 4.78 is 39.2. The van der Waals surface area contributed by atoms with Crippen molar-refractivity contribution in [3.63, 3.8) is 0 Å². The van der Waals surface area contributed by atoms with Crippen molar-refractivity contribution in [2.75, 3.05) is 28.7 Å². The third-order valence-corrected chi connectivity index (χ3v) is 4.63. The summed E-state index contributed by atoms with van der Waals surface area (Å²) in [6, 6.07) is 7.88. The number of aliphatic hydroxyl groups excluding tert-OH is 1. The minimum absolute atomic E-state index is 0.171. The van der Waals surface area contributed by atoms with Crippen LogP contribution in [0.2, 0.25) is 0 Å². The number of rotatable bonds is 4. The highest BCUT2D eigenvalue weighted by Crippen LogP contribution is 2.36. The molecule has 12 heteroatoms. The fourth-order valence-electron chi connectivity index (χ4n) is 3.07. The Labute approximate surface area is 168 Å². The summed E-state index contributed by atoms with van der Waals surface area (Å²) in [7, 11) is 1.56. The zero-order valence-corrected chi connectivity index (χ0v) is 15.6. The monoisotopic (exact) mass is 419 g/mol. The predicted octanol–water partition coefficient (Wildman–Crippen LogP) is 2.06. The van der Waals surface area contributed by atoms with Crippen molar-refractivity contribution in [3.8, 4) is 11.3 Å². The number of pyridine rings is 1. The van der Waals surface area contributed by atoms with Crippen LogP contribution in [-0.4, -0.2) is 51.1 Å². The van der Waals surface area contributed by atoms with Crippen LogP contribution in [0.1, 0.15) is 5.56 Å². The largest absolute Gasteiger partial charge is 0.416 e. The fraction of sp³-hybridized carbons (Fsp3) is 0.222. The predicted molar refractivity (Wildman–Crippen MR) is 101 cm³/mol. The van der Waals surface area contributed by atoms with E-state index in [1.807, 2.05) is 0 Å². The number of carbonyl (C=O) groups is 1. The zero-order valence-electron chi connectivity index (χ0n) is 15.6. The number of aromatic amines is 1. The lowest BCUT2D eigenvalue weighted by Crippen LogP contribution is -2.51. The van der Waals surface area contributed by atoms with Gasteiger partial charge in [-0.05, 0) is 24.3 Å². The number of hydrogen-bond donors (Lipinski definition) is 3. The maximum atomic E-state index is 13.1. The third-order valence-electron chi connectivity index (χ3n) is 4.63. The summed E-state index contributed by atoms with van der Waals surface area (Å²) in [5.41, 5.74) is 0.125. The van der Waals surface area contributed by atoms with E-state index >= 15 is 0 Å². The number of hydrogen-bond acceptors (Lipinski definition) is 7. The van der Waals surface area contributed by atoms with Crippen molar-refractivity contribution in [3.05, 3.63) is 48.3 Å². The fourth-order valence-corrected chi connectivity index (χ4v) is 3.07. The van der Waals surface area contributed by atoms with E-state index in [-0.39, 0.29) is 35.5 Å². The van der Waals surface area contributed by atoms with Gasteiger partial charge in [-0.15, -0.1) is 0 Å². The second-order valence-corrected chi connectivity index (χ2v) is 6.55. The number of nitrogens with one attached hydrogen (secondary N) is 2. The maximum absolute atomic E-state index is 13.1. The van der Waals surface area contributed by atoms with Gasteiger partial charge < -0.3 is 20.2 Å². The lowest BCUT2D eigenvalue weighted by Gasteiger charge is -2.37. The second kappa shape index (κ2) is 7.30. The van der Waals surface area contributed by atoms with Crippen LogP contribution >= 0.6 is 0 Å². The Balaban J connectivity index is 1.73. The first-order chi connectivity index (χ1) is 14.2. The molecule has 3 heterocycles. The molecule has 0 aliphatic carbocycles. The van der Waals surface area contributed by atoms with E-state index in [0.29, 0.717) is 5.69 Å². The Hall–Kier alpha value is -3.67. The highest BCUT2D eigenvalue weighted by molar-refractivity contribution is 6.02. The van der Waals surface area contributed by atoms with Crippen molar-refractivity contribution in [2.24, 2.45) is 0 Å². The molecule has 1 amide bonds. The minimum atomic E-state index is -4.49. The average Bonchev–Trinajstić information content (AvgIpc) is 3.22. The van der Waals surface area contributed by atoms with Gasteiger partial charge in [0.05, 0.1) is 16.9 Å². The standard InChI is InChI=1S/C18H16F3N7O2/c1-27-13-6-5-12(10-3-2-4-11(7-10)18(19,20)21)24-15(13)28(8-14(27)29)17(30)25-16-22-9-23-26-16/h2-7,9,17,30H,8H2,1H3,(H2,22,23,25,26). The number of aliphatic hydroxyl groups is 1. The number of anilines is 3. The molecule has 4 rings (SSSR count). The summed E-state index contributed by atoms with van der Waals surface area (Å²) in [5.74, 6) is 0.102. The molecular weight excluding hydrogens is 403 g/mol. The number of likely N-dealkylation sites (N-methyl/N-ethyl adjacent to an activating group) is 1. The zero-order chi connectivity index (χ0) is 21.5. The van der Waals surface area contributed by atoms with Gasteiger partial charge in [0.25, 0.3) is 0 Å². The maximum Gasteiger partial charge on any atom is 0.416 e. The van der Waals surface area contributed by atoms with E-state index in [1.165, 1.54) is 34.3 Å². The Morgan fingerprint density at radius 3 is 2.77 bits per heavy atom. The molecule has 1 aliphatic heterocycles. The van der Waals surface area contributed by atoms with Gasteiger partial charge in [-0.2, -0.15) is 23.3 Å². The number of nitrogens with zero attached hydrogens (tertiary/aromatic N) is 5.